The number of halogens is 4. The molecule has 132 valence electrons. The summed E-state index contributed by atoms with van der Waals surface area (Å²) in [6, 6.07) is 9.87. The number of amides is 1. The van der Waals surface area contributed by atoms with Crippen molar-refractivity contribution in [2.75, 3.05) is 17.7 Å². The van der Waals surface area contributed by atoms with Crippen LogP contribution in [-0.4, -0.2) is 24.2 Å². The van der Waals surface area contributed by atoms with Crippen molar-refractivity contribution >= 4 is 75.7 Å². The van der Waals surface area contributed by atoms with Gasteiger partial charge in [0.05, 0.1) is 26.5 Å². The fourth-order valence-electron chi connectivity index (χ4n) is 1.67. The summed E-state index contributed by atoms with van der Waals surface area (Å²) in [6.07, 6.45) is 0. The normalized spacial score (nSPS) is 10.4. The second-order valence-corrected chi connectivity index (χ2v) is 7.40. The van der Waals surface area contributed by atoms with Crippen LogP contribution in [0.1, 0.15) is 0 Å². The Labute approximate surface area is 168 Å². The Hall–Kier alpha value is -1.11. The summed E-state index contributed by atoms with van der Waals surface area (Å²) >= 11 is 24.7. The predicted octanol–water partition coefficient (Wildman–Crippen LogP) is 5.57. The van der Waals surface area contributed by atoms with Crippen molar-refractivity contribution in [3.05, 3.63) is 56.5 Å². The van der Waals surface area contributed by atoms with E-state index in [1.165, 1.54) is 23.9 Å². The van der Waals surface area contributed by atoms with Crippen LogP contribution in [0.15, 0.2) is 41.3 Å². The predicted molar refractivity (Wildman–Crippen MR) is 103 cm³/mol. The first-order valence-corrected chi connectivity index (χ1v) is 9.33. The lowest BCUT2D eigenvalue weighted by Gasteiger charge is -2.09. The third kappa shape index (κ3) is 6.60. The zero-order valence-electron chi connectivity index (χ0n) is 12.5. The maximum absolute atomic E-state index is 11.8. The minimum absolute atomic E-state index is 0.0719. The number of rotatable bonds is 6. The van der Waals surface area contributed by atoms with Crippen LogP contribution >= 0.6 is 58.2 Å². The molecule has 0 fully saturated rings. The van der Waals surface area contributed by atoms with Gasteiger partial charge < -0.3 is 10.1 Å². The molecule has 0 aliphatic rings. The SMILES string of the molecule is O=C(COC(=O)CSc1ccc(Cl)cc1)Nc1cc(Cl)c(Cl)cc1Cl. The molecule has 0 aromatic heterocycles. The minimum Gasteiger partial charge on any atom is -0.455 e. The molecular weight excluding hydrogens is 428 g/mol. The van der Waals surface area contributed by atoms with Crippen LogP contribution in [0.3, 0.4) is 0 Å². The number of hydrogen-bond acceptors (Lipinski definition) is 4. The quantitative estimate of drug-likeness (QED) is 0.363. The molecule has 1 N–H and O–H groups in total. The fourth-order valence-corrected chi connectivity index (χ4v) is 3.08. The van der Waals surface area contributed by atoms with E-state index in [-0.39, 0.29) is 26.5 Å². The van der Waals surface area contributed by atoms with Gasteiger partial charge in [-0.25, -0.2) is 0 Å². The van der Waals surface area contributed by atoms with Crippen molar-refractivity contribution in [1.29, 1.82) is 0 Å². The highest BCUT2D eigenvalue weighted by atomic mass is 35.5. The van der Waals surface area contributed by atoms with Gasteiger partial charge in [0.15, 0.2) is 6.61 Å². The number of hydrogen-bond donors (Lipinski definition) is 1. The summed E-state index contributed by atoms with van der Waals surface area (Å²) in [4.78, 5) is 24.4. The number of ether oxygens (including phenoxy) is 1. The van der Waals surface area contributed by atoms with E-state index in [1.54, 1.807) is 24.3 Å². The van der Waals surface area contributed by atoms with E-state index in [0.717, 1.165) is 4.90 Å². The van der Waals surface area contributed by atoms with Gasteiger partial charge in [0.25, 0.3) is 5.91 Å². The van der Waals surface area contributed by atoms with E-state index < -0.39 is 18.5 Å². The molecule has 0 unspecified atom stereocenters. The average molecular weight is 439 g/mol. The van der Waals surface area contributed by atoms with Crippen molar-refractivity contribution in [2.45, 2.75) is 4.90 Å². The third-order valence-electron chi connectivity index (χ3n) is 2.82. The van der Waals surface area contributed by atoms with Crippen molar-refractivity contribution in [1.82, 2.24) is 0 Å². The molecule has 0 aliphatic heterocycles. The van der Waals surface area contributed by atoms with E-state index in [9.17, 15) is 9.59 Å². The summed E-state index contributed by atoms with van der Waals surface area (Å²) in [7, 11) is 0. The van der Waals surface area contributed by atoms with E-state index in [1.807, 2.05) is 0 Å². The van der Waals surface area contributed by atoms with Crippen molar-refractivity contribution in [3.63, 3.8) is 0 Å². The maximum atomic E-state index is 11.8. The summed E-state index contributed by atoms with van der Waals surface area (Å²) in [5.41, 5.74) is 0.285. The Bertz CT molecular complexity index is 784. The average Bonchev–Trinajstić information content (AvgIpc) is 2.57. The van der Waals surface area contributed by atoms with Gasteiger partial charge in [0, 0.05) is 9.92 Å². The highest BCUT2D eigenvalue weighted by Crippen LogP contribution is 2.32. The molecule has 1 amide bonds. The van der Waals surface area contributed by atoms with Crippen LogP contribution in [-0.2, 0) is 14.3 Å². The molecule has 0 bridgehead atoms. The first kappa shape index (κ1) is 20.2. The number of esters is 1. The molecule has 0 atom stereocenters. The molecule has 0 radical (unpaired) electrons. The monoisotopic (exact) mass is 437 g/mol. The molecule has 0 heterocycles. The number of anilines is 1. The zero-order chi connectivity index (χ0) is 18.4. The van der Waals surface area contributed by atoms with Gasteiger partial charge >= 0.3 is 5.97 Å². The lowest BCUT2D eigenvalue weighted by molar-refractivity contribution is -0.144. The van der Waals surface area contributed by atoms with Gasteiger partial charge in [0.1, 0.15) is 0 Å². The molecule has 0 saturated heterocycles. The number of benzene rings is 2. The number of nitrogens with one attached hydrogen (secondary N) is 1. The first-order chi connectivity index (χ1) is 11.8. The van der Waals surface area contributed by atoms with Crippen molar-refractivity contribution in [2.24, 2.45) is 0 Å². The molecule has 2 aromatic rings. The zero-order valence-corrected chi connectivity index (χ0v) is 16.4. The maximum Gasteiger partial charge on any atom is 0.316 e. The third-order valence-corrected chi connectivity index (χ3v) is 5.09. The van der Waals surface area contributed by atoms with Gasteiger partial charge in [-0.1, -0.05) is 46.4 Å². The number of thioether (sulfide) groups is 1. The van der Waals surface area contributed by atoms with Crippen LogP contribution < -0.4 is 5.32 Å². The van der Waals surface area contributed by atoms with Gasteiger partial charge in [-0.05, 0) is 36.4 Å². The molecule has 2 aromatic carbocycles. The Morgan fingerprint density at radius 3 is 2.28 bits per heavy atom. The Balaban J connectivity index is 1.78. The molecule has 9 heteroatoms. The molecule has 4 nitrogen and oxygen atoms in total. The van der Waals surface area contributed by atoms with E-state index >= 15 is 0 Å². The lowest BCUT2D eigenvalue weighted by Crippen LogP contribution is -2.21. The van der Waals surface area contributed by atoms with E-state index in [0.29, 0.717) is 5.02 Å². The van der Waals surface area contributed by atoms with Gasteiger partial charge in [-0.15, -0.1) is 11.8 Å². The Morgan fingerprint density at radius 1 is 0.960 bits per heavy atom. The summed E-state index contributed by atoms with van der Waals surface area (Å²) in [5.74, 6) is -0.983. The molecular formula is C16H11Cl4NO3S. The summed E-state index contributed by atoms with van der Waals surface area (Å²) in [6.45, 7) is -0.434. The standard InChI is InChI=1S/C16H11Cl4NO3S/c17-9-1-3-10(4-2-9)25-8-16(23)24-7-15(22)21-14-6-12(19)11(18)5-13(14)20/h1-6H,7-8H2,(H,21,22). The summed E-state index contributed by atoms with van der Waals surface area (Å²) < 4.78 is 4.92. The molecule has 0 spiro atoms. The van der Waals surface area contributed by atoms with Crippen LogP contribution in [0, 0.1) is 0 Å². The molecule has 0 saturated carbocycles. The minimum atomic E-state index is -0.537. The highest BCUT2D eigenvalue weighted by molar-refractivity contribution is 8.00. The van der Waals surface area contributed by atoms with E-state index in [2.05, 4.69) is 5.32 Å². The lowest BCUT2D eigenvalue weighted by atomic mass is 10.3. The second kappa shape index (κ2) is 9.55. The smallest absolute Gasteiger partial charge is 0.316 e. The molecule has 0 aliphatic carbocycles. The Kier molecular flexibility index (Phi) is 7.72. The first-order valence-electron chi connectivity index (χ1n) is 6.83. The van der Waals surface area contributed by atoms with Crippen LogP contribution in [0.5, 0.6) is 0 Å². The largest absolute Gasteiger partial charge is 0.455 e. The fraction of sp³-hybridized carbons (Fsp3) is 0.125. The Morgan fingerprint density at radius 2 is 1.60 bits per heavy atom. The highest BCUT2D eigenvalue weighted by Gasteiger charge is 2.12. The van der Waals surface area contributed by atoms with Gasteiger partial charge in [0.2, 0.25) is 0 Å². The van der Waals surface area contributed by atoms with Crippen LogP contribution in [0.2, 0.25) is 20.1 Å². The second-order valence-electron chi connectivity index (χ2n) is 4.70. The van der Waals surface area contributed by atoms with Gasteiger partial charge in [-0.3, -0.25) is 9.59 Å². The van der Waals surface area contributed by atoms with E-state index in [4.69, 9.17) is 51.1 Å². The van der Waals surface area contributed by atoms with Gasteiger partial charge in [-0.2, -0.15) is 0 Å². The molecule has 25 heavy (non-hydrogen) atoms. The summed E-state index contributed by atoms with van der Waals surface area (Å²) in [5, 5.41) is 3.87. The number of carbonyl (C=O) groups excluding carboxylic acids is 2. The van der Waals surface area contributed by atoms with Crippen LogP contribution in [0.4, 0.5) is 5.69 Å². The number of carbonyl (C=O) groups is 2. The topological polar surface area (TPSA) is 55.4 Å². The van der Waals surface area contributed by atoms with Crippen LogP contribution in [0.25, 0.3) is 0 Å². The molecule has 2 rings (SSSR count). The van der Waals surface area contributed by atoms with Crippen molar-refractivity contribution < 1.29 is 14.3 Å². The van der Waals surface area contributed by atoms with Crippen molar-refractivity contribution in [3.8, 4) is 0 Å².